The highest BCUT2D eigenvalue weighted by Gasteiger charge is 2.40. The first-order valence-corrected chi connectivity index (χ1v) is 11.0. The average molecular weight is 434 g/mol. The summed E-state index contributed by atoms with van der Waals surface area (Å²) < 4.78 is 0. The van der Waals surface area contributed by atoms with E-state index in [9.17, 15) is 9.59 Å². The largest absolute Gasteiger partial charge is 0.372 e. The Bertz CT molecular complexity index is 1270. The van der Waals surface area contributed by atoms with Crippen molar-refractivity contribution in [2.75, 3.05) is 28.2 Å². The van der Waals surface area contributed by atoms with Gasteiger partial charge in [0.25, 0.3) is 11.8 Å². The van der Waals surface area contributed by atoms with Crippen LogP contribution in [-0.4, -0.2) is 24.9 Å². The minimum Gasteiger partial charge on any atom is -0.372 e. The lowest BCUT2D eigenvalue weighted by molar-refractivity contribution is -0.120. The van der Waals surface area contributed by atoms with E-state index in [1.807, 2.05) is 54.6 Å². The van der Waals surface area contributed by atoms with Crippen LogP contribution in [0.2, 0.25) is 0 Å². The molecule has 0 aliphatic carbocycles. The van der Waals surface area contributed by atoms with Gasteiger partial charge in [0.05, 0.1) is 22.9 Å². The summed E-state index contributed by atoms with van der Waals surface area (Å²) >= 11 is 0. The predicted molar refractivity (Wildman–Crippen MR) is 129 cm³/mol. The van der Waals surface area contributed by atoms with E-state index in [1.54, 1.807) is 24.3 Å². The van der Waals surface area contributed by atoms with E-state index in [0.29, 0.717) is 22.4 Å². The van der Waals surface area contributed by atoms with Gasteiger partial charge in [-0.3, -0.25) is 9.59 Å². The third-order valence-electron chi connectivity index (χ3n) is 6.01. The van der Waals surface area contributed by atoms with Gasteiger partial charge in [0.2, 0.25) is 0 Å². The van der Waals surface area contributed by atoms with Crippen LogP contribution in [0.3, 0.4) is 0 Å². The molecule has 0 saturated carbocycles. The van der Waals surface area contributed by atoms with Gasteiger partial charge in [-0.1, -0.05) is 30.3 Å². The number of carbonyl (C=O) groups is 2. The number of nitrogens with one attached hydrogen (secondary N) is 1. The summed E-state index contributed by atoms with van der Waals surface area (Å²) in [4.78, 5) is 30.4. The Hall–Kier alpha value is -4.37. The zero-order chi connectivity index (χ0) is 22.8. The molecule has 0 spiro atoms. The molecule has 2 aliphatic rings. The maximum Gasteiger partial charge on any atom is 0.282 e. The number of amides is 2. The molecule has 1 saturated heterocycles. The molecule has 2 amide bonds. The Morgan fingerprint density at radius 2 is 1.39 bits per heavy atom. The van der Waals surface area contributed by atoms with Gasteiger partial charge < -0.3 is 10.2 Å². The molecule has 6 nitrogen and oxygen atoms in total. The first-order chi connectivity index (χ1) is 16.2. The van der Waals surface area contributed by atoms with Gasteiger partial charge in [0.1, 0.15) is 5.70 Å². The van der Waals surface area contributed by atoms with Crippen LogP contribution in [-0.2, 0) is 9.59 Å². The summed E-state index contributed by atoms with van der Waals surface area (Å²) in [6, 6.07) is 25.6. The van der Waals surface area contributed by atoms with Gasteiger partial charge in [0, 0.05) is 24.5 Å². The number of nitriles is 1. The molecule has 6 heteroatoms. The quantitative estimate of drug-likeness (QED) is 0.596. The second-order valence-corrected chi connectivity index (χ2v) is 8.09. The highest BCUT2D eigenvalue weighted by Crippen LogP contribution is 2.34. The van der Waals surface area contributed by atoms with E-state index in [0.717, 1.165) is 29.4 Å². The maximum absolute atomic E-state index is 13.4. The van der Waals surface area contributed by atoms with Crippen LogP contribution in [0.1, 0.15) is 24.0 Å². The molecular weight excluding hydrogens is 412 g/mol. The minimum absolute atomic E-state index is 0.240. The summed E-state index contributed by atoms with van der Waals surface area (Å²) in [6.07, 6.45) is 2.41. The molecule has 2 heterocycles. The number of hydrogen-bond donors (Lipinski definition) is 1. The summed E-state index contributed by atoms with van der Waals surface area (Å²) in [5.74, 6) is -0.820. The minimum atomic E-state index is -0.424. The second-order valence-electron chi connectivity index (χ2n) is 8.09. The van der Waals surface area contributed by atoms with Gasteiger partial charge in [-0.05, 0) is 66.9 Å². The van der Waals surface area contributed by atoms with Crippen LogP contribution in [0.15, 0.2) is 84.6 Å². The van der Waals surface area contributed by atoms with Gasteiger partial charge in [-0.2, -0.15) is 5.26 Å². The molecular formula is C27H22N4O2. The van der Waals surface area contributed by atoms with E-state index >= 15 is 0 Å². The van der Waals surface area contributed by atoms with Crippen LogP contribution in [0.25, 0.3) is 5.57 Å². The van der Waals surface area contributed by atoms with E-state index in [4.69, 9.17) is 5.26 Å². The van der Waals surface area contributed by atoms with E-state index in [2.05, 4.69) is 16.3 Å². The van der Waals surface area contributed by atoms with Crippen molar-refractivity contribution >= 4 is 34.4 Å². The SMILES string of the molecule is N#Cc1ccc(N2C(=O)C(Nc3ccc(N4CCCC4)cc3)=C(c3ccccc3)C2=O)cc1. The standard InChI is InChI=1S/C27H22N4O2/c28-18-19-8-12-23(13-9-19)31-26(32)24(20-6-2-1-3-7-20)25(27(31)33)29-21-10-14-22(15-11-21)30-16-4-5-17-30/h1-3,6-15,29H,4-5,16-17H2. The Kier molecular flexibility index (Phi) is 5.37. The molecule has 0 atom stereocenters. The molecule has 0 radical (unpaired) electrons. The van der Waals surface area contributed by atoms with Crippen LogP contribution >= 0.6 is 0 Å². The Morgan fingerprint density at radius 1 is 0.758 bits per heavy atom. The lowest BCUT2D eigenvalue weighted by Gasteiger charge is -2.18. The fraction of sp³-hybridized carbons (Fsp3) is 0.148. The fourth-order valence-electron chi connectivity index (χ4n) is 4.31. The van der Waals surface area contributed by atoms with Crippen molar-refractivity contribution in [2.45, 2.75) is 12.8 Å². The molecule has 5 rings (SSSR count). The predicted octanol–water partition coefficient (Wildman–Crippen LogP) is 4.56. The number of benzene rings is 3. The zero-order valence-electron chi connectivity index (χ0n) is 18.0. The average Bonchev–Trinajstić information content (AvgIpc) is 3.47. The molecule has 0 aromatic heterocycles. The molecule has 0 bridgehead atoms. The van der Waals surface area contributed by atoms with Crippen molar-refractivity contribution in [3.8, 4) is 6.07 Å². The van der Waals surface area contributed by atoms with Gasteiger partial charge in [0.15, 0.2) is 0 Å². The Balaban J connectivity index is 1.50. The third kappa shape index (κ3) is 3.85. The van der Waals surface area contributed by atoms with Crippen molar-refractivity contribution in [2.24, 2.45) is 0 Å². The smallest absolute Gasteiger partial charge is 0.282 e. The lowest BCUT2D eigenvalue weighted by atomic mass is 10.0. The van der Waals surface area contributed by atoms with E-state index in [-0.39, 0.29) is 5.70 Å². The van der Waals surface area contributed by atoms with E-state index < -0.39 is 11.8 Å². The van der Waals surface area contributed by atoms with Crippen molar-refractivity contribution < 1.29 is 9.59 Å². The van der Waals surface area contributed by atoms with Crippen LogP contribution in [0, 0.1) is 11.3 Å². The molecule has 1 fully saturated rings. The fourth-order valence-corrected chi connectivity index (χ4v) is 4.31. The van der Waals surface area contributed by atoms with Gasteiger partial charge in [-0.15, -0.1) is 0 Å². The first kappa shape index (κ1) is 20.5. The molecule has 0 unspecified atom stereocenters. The second kappa shape index (κ2) is 8.64. The molecule has 3 aromatic carbocycles. The van der Waals surface area contributed by atoms with Gasteiger partial charge in [-0.25, -0.2) is 4.90 Å². The van der Waals surface area contributed by atoms with Crippen molar-refractivity contribution in [1.29, 1.82) is 5.26 Å². The summed E-state index contributed by atoms with van der Waals surface area (Å²) in [6.45, 7) is 2.12. The molecule has 162 valence electrons. The maximum atomic E-state index is 13.4. The highest BCUT2D eigenvalue weighted by molar-refractivity contribution is 6.46. The lowest BCUT2D eigenvalue weighted by Crippen LogP contribution is -2.32. The monoisotopic (exact) mass is 434 g/mol. The Morgan fingerprint density at radius 3 is 2.03 bits per heavy atom. The molecule has 3 aromatic rings. The number of hydrogen-bond acceptors (Lipinski definition) is 5. The van der Waals surface area contributed by atoms with Crippen LogP contribution < -0.4 is 15.1 Å². The molecule has 1 N–H and O–H groups in total. The number of carbonyl (C=O) groups excluding carboxylic acids is 2. The van der Waals surface area contributed by atoms with Crippen LogP contribution in [0.5, 0.6) is 0 Å². The van der Waals surface area contributed by atoms with Crippen LogP contribution in [0.4, 0.5) is 17.1 Å². The topological polar surface area (TPSA) is 76.4 Å². The van der Waals surface area contributed by atoms with Crippen molar-refractivity contribution in [3.05, 3.63) is 95.7 Å². The summed E-state index contributed by atoms with van der Waals surface area (Å²) in [5.41, 5.74) is 4.03. The number of rotatable bonds is 5. The zero-order valence-corrected chi connectivity index (χ0v) is 18.0. The number of imide groups is 1. The highest BCUT2D eigenvalue weighted by atomic mass is 16.2. The summed E-state index contributed by atoms with van der Waals surface area (Å²) in [7, 11) is 0. The van der Waals surface area contributed by atoms with Crippen molar-refractivity contribution in [3.63, 3.8) is 0 Å². The normalized spacial score (nSPS) is 15.8. The van der Waals surface area contributed by atoms with Gasteiger partial charge >= 0.3 is 0 Å². The Labute approximate surface area is 192 Å². The van der Waals surface area contributed by atoms with Crippen molar-refractivity contribution in [1.82, 2.24) is 0 Å². The third-order valence-corrected chi connectivity index (χ3v) is 6.01. The molecule has 33 heavy (non-hydrogen) atoms. The van der Waals surface area contributed by atoms with E-state index in [1.165, 1.54) is 12.8 Å². The number of anilines is 3. The first-order valence-electron chi connectivity index (χ1n) is 11.0. The molecule has 2 aliphatic heterocycles. The number of nitrogens with zero attached hydrogens (tertiary/aromatic N) is 3. The summed E-state index contributed by atoms with van der Waals surface area (Å²) in [5, 5.41) is 12.3.